The van der Waals surface area contributed by atoms with Crippen LogP contribution >= 0.6 is 34.7 Å². The largest absolute Gasteiger partial charge is 0.494 e. The molecule has 7 aromatic rings. The van der Waals surface area contributed by atoms with E-state index in [1.165, 1.54) is 11.8 Å². The summed E-state index contributed by atoms with van der Waals surface area (Å²) in [5, 5.41) is 4.55. The van der Waals surface area contributed by atoms with Gasteiger partial charge < -0.3 is 9.47 Å². The first-order valence-corrected chi connectivity index (χ1v) is 16.9. The number of carbonyl (C=O) groups is 1. The molecule has 1 aliphatic heterocycles. The average Bonchev–Trinajstić information content (AvgIpc) is 3.50. The quantitative estimate of drug-likeness (QED) is 0.120. The van der Waals surface area contributed by atoms with E-state index in [0.29, 0.717) is 17.4 Å². The van der Waals surface area contributed by atoms with Crippen molar-refractivity contribution < 1.29 is 14.3 Å². The fraction of sp³-hybridized carbons (Fsp3) is 0.108. The first-order chi connectivity index (χ1) is 22.6. The number of carbonyl (C=O) groups excluding carboxylic acids is 1. The van der Waals surface area contributed by atoms with Crippen molar-refractivity contribution in [1.82, 2.24) is 9.97 Å². The van der Waals surface area contributed by atoms with E-state index in [2.05, 4.69) is 36.4 Å². The molecule has 2 atom stereocenters. The van der Waals surface area contributed by atoms with Crippen LogP contribution in [0.15, 0.2) is 125 Å². The monoisotopic (exact) mass is 659 g/mol. The first kappa shape index (κ1) is 28.8. The Balaban J connectivity index is 1.29. The molecule has 2 unspecified atom stereocenters. The van der Waals surface area contributed by atoms with E-state index in [1.807, 2.05) is 61.5 Å². The summed E-state index contributed by atoms with van der Waals surface area (Å²) in [4.78, 5) is 26.0. The Kier molecular flexibility index (Phi) is 7.48. The predicted octanol–water partition coefficient (Wildman–Crippen LogP) is 9.74. The van der Waals surface area contributed by atoms with Crippen LogP contribution in [-0.2, 0) is 4.79 Å². The summed E-state index contributed by atoms with van der Waals surface area (Å²) in [6.07, 6.45) is -0.776. The number of aromatic nitrogens is 2. The molecule has 5 aromatic carbocycles. The number of hydrogen-bond acceptors (Lipinski definition) is 7. The van der Waals surface area contributed by atoms with Crippen LogP contribution in [0, 0.1) is 0 Å². The highest BCUT2D eigenvalue weighted by Gasteiger charge is 2.52. The van der Waals surface area contributed by atoms with E-state index >= 15 is 0 Å². The van der Waals surface area contributed by atoms with Gasteiger partial charge >= 0.3 is 0 Å². The average molecular weight is 660 g/mol. The van der Waals surface area contributed by atoms with Gasteiger partial charge in [0.15, 0.2) is 4.34 Å². The third-order valence-electron chi connectivity index (χ3n) is 8.03. The molecule has 1 amide bonds. The zero-order valence-corrected chi connectivity index (χ0v) is 27.0. The van der Waals surface area contributed by atoms with Crippen molar-refractivity contribution >= 4 is 78.2 Å². The molecular weight excluding hydrogens is 634 g/mol. The van der Waals surface area contributed by atoms with Gasteiger partial charge in [0, 0.05) is 27.0 Å². The van der Waals surface area contributed by atoms with Crippen LogP contribution < -0.4 is 14.4 Å². The van der Waals surface area contributed by atoms with Crippen molar-refractivity contribution in [3.63, 3.8) is 0 Å². The second-order valence-corrected chi connectivity index (χ2v) is 13.6. The van der Waals surface area contributed by atoms with E-state index in [1.54, 1.807) is 40.5 Å². The molecule has 1 fully saturated rings. The Labute approximate surface area is 278 Å². The highest BCUT2D eigenvalue weighted by molar-refractivity contribution is 8.01. The van der Waals surface area contributed by atoms with Gasteiger partial charge in [0.2, 0.25) is 6.10 Å². The number of rotatable bonds is 8. The molecule has 226 valence electrons. The van der Waals surface area contributed by atoms with Crippen LogP contribution in [0.3, 0.4) is 0 Å². The van der Waals surface area contributed by atoms with E-state index in [9.17, 15) is 4.79 Å². The van der Waals surface area contributed by atoms with Crippen molar-refractivity contribution in [3.05, 3.63) is 126 Å². The molecule has 0 radical (unpaired) electrons. The summed E-state index contributed by atoms with van der Waals surface area (Å²) in [6.45, 7) is 2.51. The molecule has 0 saturated carbocycles. The van der Waals surface area contributed by atoms with Crippen LogP contribution in [0.5, 0.6) is 11.5 Å². The fourth-order valence-corrected chi connectivity index (χ4v) is 8.12. The number of hydrogen-bond donors (Lipinski definition) is 0. The van der Waals surface area contributed by atoms with Gasteiger partial charge in [0.25, 0.3) is 5.91 Å². The molecule has 8 rings (SSSR count). The third-order valence-corrected chi connectivity index (χ3v) is 10.4. The van der Waals surface area contributed by atoms with Crippen LogP contribution in [0.4, 0.5) is 5.69 Å². The molecule has 0 spiro atoms. The number of para-hydroxylation sites is 1. The molecule has 3 heterocycles. The number of halogens is 1. The lowest BCUT2D eigenvalue weighted by molar-refractivity contribution is -0.135. The number of pyridine rings is 1. The zero-order valence-electron chi connectivity index (χ0n) is 24.6. The Morgan fingerprint density at radius 1 is 0.848 bits per heavy atom. The topological polar surface area (TPSA) is 64.5 Å². The highest BCUT2D eigenvalue weighted by atomic mass is 35.5. The summed E-state index contributed by atoms with van der Waals surface area (Å²) in [7, 11) is 0. The fourth-order valence-electron chi connectivity index (χ4n) is 5.88. The maximum Gasteiger partial charge on any atom is 0.271 e. The number of anilines is 1. The van der Waals surface area contributed by atoms with Crippen LogP contribution in [0.2, 0.25) is 5.02 Å². The maximum atomic E-state index is 14.0. The van der Waals surface area contributed by atoms with E-state index in [4.69, 9.17) is 31.0 Å². The first-order valence-electron chi connectivity index (χ1n) is 14.9. The number of nitrogens with zero attached hydrogens (tertiary/aromatic N) is 3. The normalized spacial score (nSPS) is 16.2. The van der Waals surface area contributed by atoms with Crippen LogP contribution in [0.1, 0.15) is 18.5 Å². The summed E-state index contributed by atoms with van der Waals surface area (Å²) >= 11 is 9.31. The Morgan fingerprint density at radius 2 is 1.59 bits per heavy atom. The number of amides is 1. The molecule has 0 N–H and O–H groups in total. The van der Waals surface area contributed by atoms with E-state index in [-0.39, 0.29) is 5.91 Å². The van der Waals surface area contributed by atoms with Crippen molar-refractivity contribution in [2.24, 2.45) is 0 Å². The lowest BCUT2D eigenvalue weighted by Crippen LogP contribution is -2.61. The van der Waals surface area contributed by atoms with Gasteiger partial charge in [-0.15, -0.1) is 11.3 Å². The molecule has 2 aromatic heterocycles. The second kappa shape index (κ2) is 11.9. The Bertz CT molecular complexity index is 2210. The summed E-state index contributed by atoms with van der Waals surface area (Å²) in [5.74, 6) is 1.17. The number of ether oxygens (including phenoxy) is 2. The van der Waals surface area contributed by atoms with Crippen molar-refractivity contribution in [3.8, 4) is 11.5 Å². The highest BCUT2D eigenvalue weighted by Crippen LogP contribution is 2.47. The summed E-state index contributed by atoms with van der Waals surface area (Å²) in [6, 6.07) is 37.0. The number of fused-ring (bicyclic) bond motifs is 4. The molecule has 0 aliphatic carbocycles. The zero-order chi connectivity index (χ0) is 31.2. The minimum absolute atomic E-state index is 0.140. The van der Waals surface area contributed by atoms with Crippen molar-refractivity contribution in [2.75, 3.05) is 11.5 Å². The molecule has 1 aliphatic rings. The number of benzene rings is 5. The van der Waals surface area contributed by atoms with Gasteiger partial charge in [-0.05, 0) is 90.8 Å². The number of thiazole rings is 1. The van der Waals surface area contributed by atoms with Gasteiger partial charge in [-0.2, -0.15) is 0 Å². The Hall–Kier alpha value is -4.63. The third kappa shape index (κ3) is 5.22. The van der Waals surface area contributed by atoms with Crippen LogP contribution in [0.25, 0.3) is 31.9 Å². The molecule has 6 nitrogen and oxygen atoms in total. The molecular formula is C37H26ClN3O3S2. The van der Waals surface area contributed by atoms with Crippen molar-refractivity contribution in [1.29, 1.82) is 0 Å². The van der Waals surface area contributed by atoms with E-state index < -0.39 is 12.1 Å². The SMILES string of the molecule is CCOc1ccc(N2C(=O)C(Oc3ccc(Cl)cc3)C2c2cc3ccc4ccccc4c3nc2Sc2nc3ccccc3s2)cc1. The van der Waals surface area contributed by atoms with Gasteiger partial charge in [-0.3, -0.25) is 9.69 Å². The Morgan fingerprint density at radius 3 is 2.39 bits per heavy atom. The minimum atomic E-state index is -0.776. The van der Waals surface area contributed by atoms with Crippen molar-refractivity contribution in [2.45, 2.75) is 28.4 Å². The van der Waals surface area contributed by atoms with Crippen LogP contribution in [-0.4, -0.2) is 28.6 Å². The maximum absolute atomic E-state index is 14.0. The second-order valence-electron chi connectivity index (χ2n) is 10.9. The standard InChI is InChI=1S/C37H26ClN3O3S2/c1-2-43-26-19-15-25(16-20-26)41-33(34(36(41)42)44-27-17-13-24(38)14-18-27)29-21-23-12-11-22-7-3-4-8-28(22)32(23)40-35(29)46-37-39-30-9-5-6-10-31(30)45-37/h3-21,33-34H,2H2,1H3. The molecule has 46 heavy (non-hydrogen) atoms. The minimum Gasteiger partial charge on any atom is -0.494 e. The van der Waals surface area contributed by atoms with E-state index in [0.717, 1.165) is 58.3 Å². The lowest BCUT2D eigenvalue weighted by atomic mass is 9.89. The predicted molar refractivity (Wildman–Crippen MR) is 187 cm³/mol. The summed E-state index contributed by atoms with van der Waals surface area (Å²) < 4.78 is 14.1. The van der Waals surface area contributed by atoms with Gasteiger partial charge in [-0.1, -0.05) is 60.1 Å². The molecule has 0 bridgehead atoms. The summed E-state index contributed by atoms with van der Waals surface area (Å²) in [5.41, 5.74) is 3.49. The smallest absolute Gasteiger partial charge is 0.271 e. The number of β-lactam (4-membered cyclic amide) rings is 1. The lowest BCUT2D eigenvalue weighted by Gasteiger charge is -2.47. The molecule has 1 saturated heterocycles. The van der Waals surface area contributed by atoms with Gasteiger partial charge in [0.1, 0.15) is 22.6 Å². The van der Waals surface area contributed by atoms with Gasteiger partial charge in [-0.25, -0.2) is 9.97 Å². The van der Waals surface area contributed by atoms with Gasteiger partial charge in [0.05, 0.1) is 22.3 Å². The molecule has 9 heteroatoms.